The van der Waals surface area contributed by atoms with E-state index >= 15 is 0 Å². The molecule has 1 atom stereocenters. The summed E-state index contributed by atoms with van der Waals surface area (Å²) >= 11 is 0. The Labute approximate surface area is 134 Å². The standard InChI is InChI=1S/C17H18N4O2/c18-10-13-4-6-15(7-5-13)21-17(23)20-11-14(12-22)9-16-3-1-2-8-19-16/h1-8,14,22H,9,11-12H2,(H2,20,21,23)/t14-/m0/s1. The van der Waals surface area contributed by atoms with E-state index in [-0.39, 0.29) is 18.6 Å². The molecule has 118 valence electrons. The number of hydrogen-bond acceptors (Lipinski definition) is 4. The number of aliphatic hydroxyl groups is 1. The SMILES string of the molecule is N#Cc1ccc(NC(=O)NC[C@@H](CO)Cc2ccccn2)cc1. The van der Waals surface area contributed by atoms with Crippen molar-refractivity contribution in [1.29, 1.82) is 5.26 Å². The van der Waals surface area contributed by atoms with Crippen molar-refractivity contribution >= 4 is 11.7 Å². The highest BCUT2D eigenvalue weighted by Crippen LogP contribution is 2.09. The van der Waals surface area contributed by atoms with Crippen molar-refractivity contribution in [3.05, 3.63) is 59.9 Å². The maximum Gasteiger partial charge on any atom is 0.319 e. The molecule has 2 amide bonds. The molecule has 0 fully saturated rings. The molecule has 0 spiro atoms. The van der Waals surface area contributed by atoms with Crippen LogP contribution in [0.2, 0.25) is 0 Å². The number of amides is 2. The molecule has 1 aromatic carbocycles. The Bertz CT molecular complexity index is 665. The minimum Gasteiger partial charge on any atom is -0.396 e. The van der Waals surface area contributed by atoms with Crippen molar-refractivity contribution in [1.82, 2.24) is 10.3 Å². The van der Waals surface area contributed by atoms with Gasteiger partial charge in [-0.1, -0.05) is 6.07 Å². The summed E-state index contributed by atoms with van der Waals surface area (Å²) < 4.78 is 0. The molecule has 0 aliphatic heterocycles. The molecule has 2 aromatic rings. The van der Waals surface area contributed by atoms with Crippen LogP contribution in [0.15, 0.2) is 48.7 Å². The van der Waals surface area contributed by atoms with Gasteiger partial charge in [-0.05, 0) is 42.8 Å². The van der Waals surface area contributed by atoms with Crippen molar-refractivity contribution in [2.45, 2.75) is 6.42 Å². The molecule has 2 rings (SSSR count). The van der Waals surface area contributed by atoms with Gasteiger partial charge in [0, 0.05) is 36.6 Å². The molecule has 0 saturated carbocycles. The summed E-state index contributed by atoms with van der Waals surface area (Å²) in [5.74, 6) is -0.100. The highest BCUT2D eigenvalue weighted by Gasteiger charge is 2.11. The predicted molar refractivity (Wildman–Crippen MR) is 86.7 cm³/mol. The first-order valence-corrected chi connectivity index (χ1v) is 7.27. The number of nitrogens with one attached hydrogen (secondary N) is 2. The summed E-state index contributed by atoms with van der Waals surface area (Å²) in [7, 11) is 0. The molecule has 6 nitrogen and oxygen atoms in total. The number of rotatable bonds is 6. The van der Waals surface area contributed by atoms with Gasteiger partial charge in [0.1, 0.15) is 0 Å². The van der Waals surface area contributed by atoms with Crippen LogP contribution in [-0.2, 0) is 6.42 Å². The summed E-state index contributed by atoms with van der Waals surface area (Å²) in [6.45, 7) is 0.308. The summed E-state index contributed by atoms with van der Waals surface area (Å²) in [6.07, 6.45) is 2.29. The molecule has 3 N–H and O–H groups in total. The van der Waals surface area contributed by atoms with E-state index in [1.54, 1.807) is 30.5 Å². The number of pyridine rings is 1. The zero-order valence-corrected chi connectivity index (χ0v) is 12.6. The van der Waals surface area contributed by atoms with Crippen LogP contribution in [-0.4, -0.2) is 29.3 Å². The van der Waals surface area contributed by atoms with Gasteiger partial charge < -0.3 is 15.7 Å². The van der Waals surface area contributed by atoms with Crippen molar-refractivity contribution in [3.63, 3.8) is 0 Å². The maximum atomic E-state index is 11.9. The van der Waals surface area contributed by atoms with Crippen LogP contribution in [0, 0.1) is 17.2 Å². The summed E-state index contributed by atoms with van der Waals surface area (Å²) in [5, 5.41) is 23.6. The van der Waals surface area contributed by atoms with Gasteiger partial charge in [0.2, 0.25) is 0 Å². The minimum absolute atomic E-state index is 0.0340. The molecule has 0 aliphatic carbocycles. The molecule has 0 saturated heterocycles. The lowest BCUT2D eigenvalue weighted by Crippen LogP contribution is -2.35. The first-order chi connectivity index (χ1) is 11.2. The second-order valence-corrected chi connectivity index (χ2v) is 5.10. The molecule has 6 heteroatoms. The van der Waals surface area contributed by atoms with Crippen LogP contribution in [0.5, 0.6) is 0 Å². The molecule has 0 bridgehead atoms. The number of carbonyl (C=O) groups is 1. The smallest absolute Gasteiger partial charge is 0.319 e. The molecule has 23 heavy (non-hydrogen) atoms. The maximum absolute atomic E-state index is 11.9. The second-order valence-electron chi connectivity index (χ2n) is 5.10. The monoisotopic (exact) mass is 310 g/mol. The Morgan fingerprint density at radius 1 is 1.26 bits per heavy atom. The normalized spacial score (nSPS) is 11.3. The number of nitrogens with zero attached hydrogens (tertiary/aromatic N) is 2. The minimum atomic E-state index is -0.353. The first kappa shape index (κ1) is 16.5. The Balaban J connectivity index is 1.81. The van der Waals surface area contributed by atoms with E-state index in [0.717, 1.165) is 5.69 Å². The average molecular weight is 310 g/mol. The van der Waals surface area contributed by atoms with Crippen molar-refractivity contribution in [2.75, 3.05) is 18.5 Å². The lowest BCUT2D eigenvalue weighted by Gasteiger charge is -2.15. The number of hydrogen-bond donors (Lipinski definition) is 3. The van der Waals surface area contributed by atoms with Gasteiger partial charge in [-0.15, -0.1) is 0 Å². The fourth-order valence-electron chi connectivity index (χ4n) is 2.06. The van der Waals surface area contributed by atoms with E-state index in [0.29, 0.717) is 24.2 Å². The summed E-state index contributed by atoms with van der Waals surface area (Å²) in [5.41, 5.74) is 2.01. The van der Waals surface area contributed by atoms with Crippen molar-refractivity contribution in [3.8, 4) is 6.07 Å². The number of carbonyl (C=O) groups excluding carboxylic acids is 1. The molecular weight excluding hydrogens is 292 g/mol. The molecule has 0 aliphatic rings. The largest absolute Gasteiger partial charge is 0.396 e. The van der Waals surface area contributed by atoms with E-state index in [9.17, 15) is 9.90 Å². The molecule has 1 heterocycles. The highest BCUT2D eigenvalue weighted by atomic mass is 16.3. The third kappa shape index (κ3) is 5.41. The second kappa shape index (κ2) is 8.51. The van der Waals surface area contributed by atoms with Crippen LogP contribution in [0.1, 0.15) is 11.3 Å². The van der Waals surface area contributed by atoms with Crippen LogP contribution in [0.4, 0.5) is 10.5 Å². The van der Waals surface area contributed by atoms with Crippen LogP contribution in [0.3, 0.4) is 0 Å². The number of anilines is 1. The molecule has 0 radical (unpaired) electrons. The van der Waals surface area contributed by atoms with Gasteiger partial charge in [0.15, 0.2) is 0 Å². The topological polar surface area (TPSA) is 98.0 Å². The number of aliphatic hydroxyl groups excluding tert-OH is 1. The number of benzene rings is 1. The summed E-state index contributed by atoms with van der Waals surface area (Å²) in [4.78, 5) is 16.1. The van der Waals surface area contributed by atoms with Crippen molar-refractivity contribution < 1.29 is 9.90 Å². The number of nitriles is 1. The first-order valence-electron chi connectivity index (χ1n) is 7.27. The van der Waals surface area contributed by atoms with Gasteiger partial charge in [-0.25, -0.2) is 4.79 Å². The lowest BCUT2D eigenvalue weighted by molar-refractivity contribution is 0.217. The Kier molecular flexibility index (Phi) is 6.09. The number of aromatic nitrogens is 1. The third-order valence-corrected chi connectivity index (χ3v) is 3.31. The summed E-state index contributed by atoms with van der Waals surface area (Å²) in [6, 6.07) is 13.9. The zero-order chi connectivity index (χ0) is 16.5. The zero-order valence-electron chi connectivity index (χ0n) is 12.6. The Morgan fingerprint density at radius 3 is 2.65 bits per heavy atom. The van der Waals surface area contributed by atoms with Gasteiger partial charge in [0.05, 0.1) is 11.6 Å². The fraction of sp³-hybridized carbons (Fsp3) is 0.235. The number of urea groups is 1. The van der Waals surface area contributed by atoms with Crippen molar-refractivity contribution in [2.24, 2.45) is 5.92 Å². The Morgan fingerprint density at radius 2 is 2.04 bits per heavy atom. The average Bonchev–Trinajstić information content (AvgIpc) is 2.60. The molecular formula is C17H18N4O2. The van der Waals surface area contributed by atoms with E-state index < -0.39 is 0 Å². The quantitative estimate of drug-likeness (QED) is 0.759. The van der Waals surface area contributed by atoms with E-state index in [1.165, 1.54) is 0 Å². The fourth-order valence-corrected chi connectivity index (χ4v) is 2.06. The van der Waals surface area contributed by atoms with Crippen LogP contribution in [0.25, 0.3) is 0 Å². The molecule has 0 unspecified atom stereocenters. The van der Waals surface area contributed by atoms with Gasteiger partial charge in [-0.2, -0.15) is 5.26 Å². The van der Waals surface area contributed by atoms with Crippen LogP contribution >= 0.6 is 0 Å². The lowest BCUT2D eigenvalue weighted by atomic mass is 10.0. The van der Waals surface area contributed by atoms with E-state index in [4.69, 9.17) is 5.26 Å². The predicted octanol–water partition coefficient (Wildman–Crippen LogP) is 1.93. The van der Waals surface area contributed by atoms with E-state index in [1.807, 2.05) is 24.3 Å². The Hall–Kier alpha value is -2.91. The van der Waals surface area contributed by atoms with Gasteiger partial charge in [0.25, 0.3) is 0 Å². The highest BCUT2D eigenvalue weighted by molar-refractivity contribution is 5.89. The third-order valence-electron chi connectivity index (χ3n) is 3.31. The van der Waals surface area contributed by atoms with E-state index in [2.05, 4.69) is 15.6 Å². The molecule has 1 aromatic heterocycles. The van der Waals surface area contributed by atoms with Gasteiger partial charge in [-0.3, -0.25) is 4.98 Å². The van der Waals surface area contributed by atoms with Gasteiger partial charge >= 0.3 is 6.03 Å². The van der Waals surface area contributed by atoms with Crippen LogP contribution < -0.4 is 10.6 Å².